The van der Waals surface area contributed by atoms with Gasteiger partial charge in [-0.2, -0.15) is 0 Å². The zero-order chi connectivity index (χ0) is 11.3. The molecule has 1 saturated heterocycles. The van der Waals surface area contributed by atoms with Crippen LogP contribution >= 0.6 is 0 Å². The van der Waals surface area contributed by atoms with Crippen LogP contribution in [0.15, 0.2) is 0 Å². The van der Waals surface area contributed by atoms with Crippen LogP contribution in [0.2, 0.25) is 0 Å². The summed E-state index contributed by atoms with van der Waals surface area (Å²) in [6, 6.07) is 0. The van der Waals surface area contributed by atoms with Gasteiger partial charge in [0.05, 0.1) is 5.60 Å². The van der Waals surface area contributed by atoms with Crippen LogP contribution in [-0.4, -0.2) is 36.7 Å². The van der Waals surface area contributed by atoms with E-state index in [-0.39, 0.29) is 5.60 Å². The third-order valence-corrected chi connectivity index (χ3v) is 2.89. The van der Waals surface area contributed by atoms with E-state index in [2.05, 4.69) is 32.6 Å². The fourth-order valence-corrected chi connectivity index (χ4v) is 2.16. The number of piperidine rings is 1. The zero-order valence-corrected chi connectivity index (χ0v) is 10.9. The monoisotopic (exact) mass is 213 g/mol. The largest absolute Gasteiger partial charge is 0.376 e. The second-order valence-corrected chi connectivity index (χ2v) is 5.86. The van der Waals surface area contributed by atoms with Crippen molar-refractivity contribution in [1.82, 2.24) is 4.90 Å². The number of hydrogen-bond donors (Lipinski definition) is 0. The van der Waals surface area contributed by atoms with Gasteiger partial charge in [-0.05, 0) is 52.5 Å². The Morgan fingerprint density at radius 2 is 2.07 bits per heavy atom. The van der Waals surface area contributed by atoms with E-state index in [1.165, 1.54) is 38.9 Å². The summed E-state index contributed by atoms with van der Waals surface area (Å²) in [7, 11) is 0. The molecule has 1 unspecified atom stereocenters. The predicted molar refractivity (Wildman–Crippen MR) is 65.2 cm³/mol. The Bertz CT molecular complexity index is 174. The van der Waals surface area contributed by atoms with E-state index in [0.717, 1.165) is 12.5 Å². The molecule has 90 valence electrons. The number of hydrogen-bond acceptors (Lipinski definition) is 2. The van der Waals surface area contributed by atoms with E-state index in [0.29, 0.717) is 0 Å². The fourth-order valence-electron chi connectivity index (χ4n) is 2.16. The van der Waals surface area contributed by atoms with Crippen molar-refractivity contribution in [1.29, 1.82) is 0 Å². The second kappa shape index (κ2) is 5.86. The van der Waals surface area contributed by atoms with Crippen LogP contribution in [0.3, 0.4) is 0 Å². The molecule has 15 heavy (non-hydrogen) atoms. The molecular formula is C13H27NO. The standard InChI is InChI=1S/C13H27NO/c1-12-7-5-8-14(11-12)9-6-10-15-13(2,3)4/h12H,5-11H2,1-4H3. The molecule has 1 heterocycles. The van der Waals surface area contributed by atoms with E-state index in [9.17, 15) is 0 Å². The van der Waals surface area contributed by atoms with Crippen LogP contribution in [0.1, 0.15) is 47.0 Å². The van der Waals surface area contributed by atoms with Crippen LogP contribution < -0.4 is 0 Å². The Kier molecular flexibility index (Phi) is 5.07. The SMILES string of the molecule is CC1CCCN(CCCOC(C)(C)C)C1. The number of rotatable bonds is 4. The van der Waals surface area contributed by atoms with Crippen molar-refractivity contribution in [3.8, 4) is 0 Å². The summed E-state index contributed by atoms with van der Waals surface area (Å²) in [5, 5.41) is 0. The first-order valence-corrected chi connectivity index (χ1v) is 6.34. The van der Waals surface area contributed by atoms with Gasteiger partial charge in [-0.3, -0.25) is 0 Å². The normalized spacial score (nSPS) is 24.4. The first-order valence-electron chi connectivity index (χ1n) is 6.34. The van der Waals surface area contributed by atoms with Crippen molar-refractivity contribution < 1.29 is 4.74 Å². The number of nitrogens with zero attached hydrogens (tertiary/aromatic N) is 1. The van der Waals surface area contributed by atoms with Gasteiger partial charge in [0, 0.05) is 19.7 Å². The highest BCUT2D eigenvalue weighted by atomic mass is 16.5. The lowest BCUT2D eigenvalue weighted by molar-refractivity contribution is -0.00797. The molecule has 2 nitrogen and oxygen atoms in total. The topological polar surface area (TPSA) is 12.5 Å². The smallest absolute Gasteiger partial charge is 0.0598 e. The van der Waals surface area contributed by atoms with Gasteiger partial charge in [-0.25, -0.2) is 0 Å². The average molecular weight is 213 g/mol. The van der Waals surface area contributed by atoms with Crippen molar-refractivity contribution >= 4 is 0 Å². The van der Waals surface area contributed by atoms with Crippen LogP contribution in [0.4, 0.5) is 0 Å². The van der Waals surface area contributed by atoms with Gasteiger partial charge in [0.15, 0.2) is 0 Å². The van der Waals surface area contributed by atoms with Gasteiger partial charge in [0.2, 0.25) is 0 Å². The molecule has 0 aromatic heterocycles. The summed E-state index contributed by atoms with van der Waals surface area (Å²) < 4.78 is 5.72. The van der Waals surface area contributed by atoms with E-state index in [4.69, 9.17) is 4.74 Å². The van der Waals surface area contributed by atoms with Gasteiger partial charge in [0.25, 0.3) is 0 Å². The third kappa shape index (κ3) is 6.16. The molecule has 1 fully saturated rings. The Morgan fingerprint density at radius 1 is 1.33 bits per heavy atom. The summed E-state index contributed by atoms with van der Waals surface area (Å²) in [5.41, 5.74) is 0.0230. The second-order valence-electron chi connectivity index (χ2n) is 5.86. The number of likely N-dealkylation sites (tertiary alicyclic amines) is 1. The van der Waals surface area contributed by atoms with Crippen LogP contribution in [0.5, 0.6) is 0 Å². The molecular weight excluding hydrogens is 186 g/mol. The zero-order valence-electron chi connectivity index (χ0n) is 10.9. The summed E-state index contributed by atoms with van der Waals surface area (Å²) in [6.07, 6.45) is 3.96. The molecule has 1 aliphatic rings. The molecule has 2 heteroatoms. The van der Waals surface area contributed by atoms with Gasteiger partial charge >= 0.3 is 0 Å². The molecule has 1 aliphatic heterocycles. The van der Waals surface area contributed by atoms with Gasteiger partial charge in [-0.1, -0.05) is 6.92 Å². The molecule has 0 radical (unpaired) electrons. The lowest BCUT2D eigenvalue weighted by Crippen LogP contribution is -2.35. The maximum absolute atomic E-state index is 5.72. The van der Waals surface area contributed by atoms with Crippen molar-refractivity contribution in [2.24, 2.45) is 5.92 Å². The average Bonchev–Trinajstić information content (AvgIpc) is 2.11. The fraction of sp³-hybridized carbons (Fsp3) is 1.00. The van der Waals surface area contributed by atoms with E-state index >= 15 is 0 Å². The van der Waals surface area contributed by atoms with Gasteiger partial charge in [0.1, 0.15) is 0 Å². The molecule has 0 amide bonds. The highest BCUT2D eigenvalue weighted by molar-refractivity contribution is 4.69. The molecule has 0 aliphatic carbocycles. The van der Waals surface area contributed by atoms with Gasteiger partial charge in [-0.15, -0.1) is 0 Å². The molecule has 0 aromatic rings. The minimum absolute atomic E-state index is 0.0230. The van der Waals surface area contributed by atoms with E-state index in [1.807, 2.05) is 0 Å². The van der Waals surface area contributed by atoms with Crippen molar-refractivity contribution in [2.45, 2.75) is 52.6 Å². The van der Waals surface area contributed by atoms with E-state index in [1.54, 1.807) is 0 Å². The summed E-state index contributed by atoms with van der Waals surface area (Å²) >= 11 is 0. The maximum Gasteiger partial charge on any atom is 0.0598 e. The van der Waals surface area contributed by atoms with Crippen molar-refractivity contribution in [2.75, 3.05) is 26.2 Å². The molecule has 1 atom stereocenters. The Labute approximate surface area is 95.0 Å². The highest BCUT2D eigenvalue weighted by Gasteiger charge is 2.16. The molecule has 0 N–H and O–H groups in total. The Hall–Kier alpha value is -0.0800. The Balaban J connectivity index is 2.04. The third-order valence-electron chi connectivity index (χ3n) is 2.89. The van der Waals surface area contributed by atoms with Gasteiger partial charge < -0.3 is 9.64 Å². The lowest BCUT2D eigenvalue weighted by atomic mass is 10.0. The van der Waals surface area contributed by atoms with Crippen LogP contribution in [0.25, 0.3) is 0 Å². The van der Waals surface area contributed by atoms with Crippen LogP contribution in [-0.2, 0) is 4.74 Å². The molecule has 0 bridgehead atoms. The van der Waals surface area contributed by atoms with Crippen LogP contribution in [0, 0.1) is 5.92 Å². The summed E-state index contributed by atoms with van der Waals surface area (Å²) in [6.45, 7) is 13.4. The quantitative estimate of drug-likeness (QED) is 0.666. The first kappa shape index (κ1) is 13.0. The molecule has 0 saturated carbocycles. The first-order chi connectivity index (χ1) is 6.97. The highest BCUT2D eigenvalue weighted by Crippen LogP contribution is 2.15. The summed E-state index contributed by atoms with van der Waals surface area (Å²) in [4.78, 5) is 2.58. The maximum atomic E-state index is 5.72. The predicted octanol–water partition coefficient (Wildman–Crippen LogP) is 2.92. The van der Waals surface area contributed by atoms with E-state index < -0.39 is 0 Å². The minimum Gasteiger partial charge on any atom is -0.376 e. The molecule has 0 aromatic carbocycles. The molecule has 0 spiro atoms. The van der Waals surface area contributed by atoms with Crippen molar-refractivity contribution in [3.05, 3.63) is 0 Å². The lowest BCUT2D eigenvalue weighted by Gasteiger charge is -2.31. The Morgan fingerprint density at radius 3 is 2.67 bits per heavy atom. The number of ether oxygens (including phenoxy) is 1. The van der Waals surface area contributed by atoms with Crippen molar-refractivity contribution in [3.63, 3.8) is 0 Å². The molecule has 1 rings (SSSR count). The minimum atomic E-state index is 0.0230. The summed E-state index contributed by atoms with van der Waals surface area (Å²) in [5.74, 6) is 0.891.